The summed E-state index contributed by atoms with van der Waals surface area (Å²) in [4.78, 5) is 23.2. The lowest BCUT2D eigenvalue weighted by Crippen LogP contribution is -2.41. The molecular formula is C14H18BrNO3. The first-order valence-electron chi connectivity index (χ1n) is 6.25. The predicted octanol–water partition coefficient (Wildman–Crippen LogP) is 3.13. The van der Waals surface area contributed by atoms with E-state index in [9.17, 15) is 9.59 Å². The topological polar surface area (TPSA) is 66.4 Å². The van der Waals surface area contributed by atoms with Crippen molar-refractivity contribution in [3.05, 3.63) is 33.8 Å². The highest BCUT2D eigenvalue weighted by Gasteiger charge is 2.20. The molecule has 0 aliphatic heterocycles. The number of carbonyl (C=O) groups is 2. The molecule has 1 atom stereocenters. The second kappa shape index (κ2) is 7.28. The molecule has 0 aliphatic rings. The second-order valence-electron chi connectivity index (χ2n) is 4.47. The third-order valence-electron chi connectivity index (χ3n) is 2.89. The van der Waals surface area contributed by atoms with Crippen LogP contribution < -0.4 is 5.32 Å². The van der Waals surface area contributed by atoms with Crippen molar-refractivity contribution in [3.63, 3.8) is 0 Å². The van der Waals surface area contributed by atoms with Crippen molar-refractivity contribution in [2.45, 2.75) is 39.2 Å². The van der Waals surface area contributed by atoms with Crippen molar-refractivity contribution >= 4 is 27.8 Å². The Balaban J connectivity index is 2.81. The fourth-order valence-electron chi connectivity index (χ4n) is 1.74. The first-order valence-corrected chi connectivity index (χ1v) is 7.04. The molecule has 104 valence electrons. The van der Waals surface area contributed by atoms with Gasteiger partial charge in [0.2, 0.25) is 0 Å². The lowest BCUT2D eigenvalue weighted by molar-refractivity contribution is -0.139. The number of nitrogens with one attached hydrogen (secondary N) is 1. The van der Waals surface area contributed by atoms with Crippen molar-refractivity contribution in [1.82, 2.24) is 5.32 Å². The van der Waals surface area contributed by atoms with Crippen LogP contribution in [-0.4, -0.2) is 23.0 Å². The third kappa shape index (κ3) is 4.67. The maximum atomic E-state index is 12.1. The first kappa shape index (κ1) is 15.7. The van der Waals surface area contributed by atoms with Gasteiger partial charge >= 0.3 is 5.97 Å². The molecule has 0 aromatic heterocycles. The first-order chi connectivity index (χ1) is 8.95. The van der Waals surface area contributed by atoms with Gasteiger partial charge in [0.15, 0.2) is 0 Å². The van der Waals surface area contributed by atoms with Crippen molar-refractivity contribution in [2.75, 3.05) is 0 Å². The van der Waals surface area contributed by atoms with Crippen LogP contribution in [0.1, 0.15) is 42.1 Å². The van der Waals surface area contributed by atoms with Crippen molar-refractivity contribution in [1.29, 1.82) is 0 Å². The maximum Gasteiger partial charge on any atom is 0.326 e. The summed E-state index contributed by atoms with van der Waals surface area (Å²) < 4.78 is 0.795. The summed E-state index contributed by atoms with van der Waals surface area (Å²) in [6.07, 6.45) is 2.12. The Hall–Kier alpha value is -1.36. The normalized spacial score (nSPS) is 11.9. The lowest BCUT2D eigenvalue weighted by atomic mass is 10.1. The molecule has 4 nitrogen and oxygen atoms in total. The fraction of sp³-hybridized carbons (Fsp3) is 0.429. The molecule has 0 spiro atoms. The van der Waals surface area contributed by atoms with Gasteiger partial charge in [-0.2, -0.15) is 0 Å². The average molecular weight is 328 g/mol. The molecule has 0 bridgehead atoms. The molecule has 1 rings (SSSR count). The minimum Gasteiger partial charge on any atom is -0.480 e. The van der Waals surface area contributed by atoms with Crippen LogP contribution in [-0.2, 0) is 4.79 Å². The number of carboxylic acids is 1. The van der Waals surface area contributed by atoms with Gasteiger partial charge in [-0.3, -0.25) is 4.79 Å². The van der Waals surface area contributed by atoms with E-state index in [1.165, 1.54) is 0 Å². The molecule has 0 fully saturated rings. The summed E-state index contributed by atoms with van der Waals surface area (Å²) in [6, 6.07) is 4.54. The zero-order valence-corrected chi connectivity index (χ0v) is 12.7. The Morgan fingerprint density at radius 2 is 2.11 bits per heavy atom. The summed E-state index contributed by atoms with van der Waals surface area (Å²) in [6.45, 7) is 3.81. The number of benzene rings is 1. The molecule has 0 unspecified atom stereocenters. The van der Waals surface area contributed by atoms with Crippen molar-refractivity contribution in [3.8, 4) is 0 Å². The van der Waals surface area contributed by atoms with E-state index in [-0.39, 0.29) is 5.91 Å². The van der Waals surface area contributed by atoms with E-state index in [2.05, 4.69) is 21.2 Å². The lowest BCUT2D eigenvalue weighted by Gasteiger charge is -2.15. The van der Waals surface area contributed by atoms with Gasteiger partial charge in [0.25, 0.3) is 5.91 Å². The van der Waals surface area contributed by atoms with E-state index in [1.807, 2.05) is 26.0 Å². The Labute approximate surface area is 121 Å². The molecule has 5 heteroatoms. The minimum atomic E-state index is -0.991. The number of hydrogen-bond donors (Lipinski definition) is 2. The van der Waals surface area contributed by atoms with Crippen LogP contribution in [0.3, 0.4) is 0 Å². The number of carboxylic acid groups (broad SMARTS) is 1. The average Bonchev–Trinajstić information content (AvgIpc) is 2.36. The van der Waals surface area contributed by atoms with Crippen LogP contribution in [0.25, 0.3) is 0 Å². The van der Waals surface area contributed by atoms with Crippen LogP contribution >= 0.6 is 15.9 Å². The number of amides is 1. The van der Waals surface area contributed by atoms with E-state index in [0.29, 0.717) is 12.0 Å². The summed E-state index contributed by atoms with van der Waals surface area (Å²) in [5.74, 6) is -1.34. The Morgan fingerprint density at radius 1 is 1.42 bits per heavy atom. The van der Waals surface area contributed by atoms with Crippen molar-refractivity contribution in [2.24, 2.45) is 0 Å². The SMILES string of the molecule is CCCC[C@H](NC(=O)c1cc(Br)ccc1C)C(=O)O. The van der Waals surface area contributed by atoms with Crippen molar-refractivity contribution < 1.29 is 14.7 Å². The van der Waals surface area contributed by atoms with E-state index < -0.39 is 12.0 Å². The van der Waals surface area contributed by atoms with Crippen LogP contribution in [0.4, 0.5) is 0 Å². The quantitative estimate of drug-likeness (QED) is 0.843. The highest BCUT2D eigenvalue weighted by molar-refractivity contribution is 9.10. The molecule has 2 N–H and O–H groups in total. The van der Waals surface area contributed by atoms with Crippen LogP contribution in [0.5, 0.6) is 0 Å². The predicted molar refractivity (Wildman–Crippen MR) is 77.3 cm³/mol. The second-order valence-corrected chi connectivity index (χ2v) is 5.38. The van der Waals surface area contributed by atoms with Gasteiger partial charge in [-0.25, -0.2) is 4.79 Å². The summed E-state index contributed by atoms with van der Waals surface area (Å²) in [5, 5.41) is 11.7. The molecule has 0 saturated heterocycles. The number of aliphatic carboxylic acids is 1. The standard InChI is InChI=1S/C14H18BrNO3/c1-3-4-5-12(14(18)19)16-13(17)11-8-10(15)7-6-9(11)2/h6-8,12H,3-5H2,1-2H3,(H,16,17)(H,18,19)/t12-/m0/s1. The summed E-state index contributed by atoms with van der Waals surface area (Å²) >= 11 is 3.31. The molecule has 0 radical (unpaired) electrons. The molecule has 0 saturated carbocycles. The molecule has 0 aliphatic carbocycles. The molecule has 1 aromatic carbocycles. The van der Waals surface area contributed by atoms with Crippen LogP contribution in [0, 0.1) is 6.92 Å². The largest absolute Gasteiger partial charge is 0.480 e. The fourth-order valence-corrected chi connectivity index (χ4v) is 2.10. The highest BCUT2D eigenvalue weighted by Crippen LogP contribution is 2.16. The number of hydrogen-bond acceptors (Lipinski definition) is 2. The number of halogens is 1. The Kier molecular flexibility index (Phi) is 6.02. The van der Waals surface area contributed by atoms with E-state index in [4.69, 9.17) is 5.11 Å². The summed E-state index contributed by atoms with van der Waals surface area (Å²) in [5.41, 5.74) is 1.32. The van der Waals surface area contributed by atoms with Crippen LogP contribution in [0.2, 0.25) is 0 Å². The zero-order valence-electron chi connectivity index (χ0n) is 11.1. The van der Waals surface area contributed by atoms with Gasteiger partial charge < -0.3 is 10.4 Å². The van der Waals surface area contributed by atoms with Gasteiger partial charge in [0.1, 0.15) is 6.04 Å². The van der Waals surface area contributed by atoms with Crippen LogP contribution in [0.15, 0.2) is 22.7 Å². The number of rotatable bonds is 6. The zero-order chi connectivity index (χ0) is 14.4. The Morgan fingerprint density at radius 3 is 2.68 bits per heavy atom. The minimum absolute atomic E-state index is 0.345. The van der Waals surface area contributed by atoms with Gasteiger partial charge in [0.05, 0.1) is 0 Å². The molecule has 1 amide bonds. The number of carbonyl (C=O) groups excluding carboxylic acids is 1. The molecule has 0 heterocycles. The Bertz CT molecular complexity index is 474. The van der Waals surface area contributed by atoms with Gasteiger partial charge in [-0.15, -0.1) is 0 Å². The number of aryl methyl sites for hydroxylation is 1. The third-order valence-corrected chi connectivity index (χ3v) is 3.39. The summed E-state index contributed by atoms with van der Waals surface area (Å²) in [7, 11) is 0. The molecule has 19 heavy (non-hydrogen) atoms. The van der Waals surface area contributed by atoms with E-state index in [1.54, 1.807) is 6.07 Å². The molecule has 1 aromatic rings. The van der Waals surface area contributed by atoms with Gasteiger partial charge in [0, 0.05) is 10.0 Å². The van der Waals surface area contributed by atoms with Gasteiger partial charge in [-0.05, 0) is 31.0 Å². The highest BCUT2D eigenvalue weighted by atomic mass is 79.9. The van der Waals surface area contributed by atoms with E-state index in [0.717, 1.165) is 22.9 Å². The monoisotopic (exact) mass is 327 g/mol. The maximum absolute atomic E-state index is 12.1. The number of unbranched alkanes of at least 4 members (excludes halogenated alkanes) is 1. The molecular weight excluding hydrogens is 310 g/mol. The smallest absolute Gasteiger partial charge is 0.326 e. The van der Waals surface area contributed by atoms with E-state index >= 15 is 0 Å². The van der Waals surface area contributed by atoms with Gasteiger partial charge in [-0.1, -0.05) is 41.8 Å².